The standard InChI is InChI=1S/C24H25FN6/c1-15-10-16(2)31(28-15)23-12-21(26-14-27-23)11-22-17(3)24(19-6-8-20(25)9-7-19)29-30(22)13-18-4-5-18/h6-10,12,14,18H,4-5,11,13H2,1-3H3. The molecular formula is C24H25FN6. The first kappa shape index (κ1) is 19.6. The molecule has 0 N–H and O–H groups in total. The highest BCUT2D eigenvalue weighted by Crippen LogP contribution is 2.33. The molecular weight excluding hydrogens is 391 g/mol. The summed E-state index contributed by atoms with van der Waals surface area (Å²) in [4.78, 5) is 8.95. The van der Waals surface area contributed by atoms with Gasteiger partial charge in [-0.2, -0.15) is 10.2 Å². The summed E-state index contributed by atoms with van der Waals surface area (Å²) in [7, 11) is 0. The van der Waals surface area contributed by atoms with Crippen LogP contribution in [0, 0.1) is 32.5 Å². The van der Waals surface area contributed by atoms with E-state index in [4.69, 9.17) is 5.10 Å². The fourth-order valence-corrected chi connectivity index (χ4v) is 4.02. The Morgan fingerprint density at radius 2 is 1.77 bits per heavy atom. The molecule has 0 aliphatic heterocycles. The third-order valence-electron chi connectivity index (χ3n) is 5.85. The van der Waals surface area contributed by atoms with Gasteiger partial charge in [0.05, 0.1) is 17.1 Å². The molecule has 31 heavy (non-hydrogen) atoms. The van der Waals surface area contributed by atoms with Crippen molar-refractivity contribution in [2.45, 2.75) is 46.6 Å². The van der Waals surface area contributed by atoms with Gasteiger partial charge in [0.15, 0.2) is 5.82 Å². The monoisotopic (exact) mass is 416 g/mol. The Bertz CT molecular complexity index is 1230. The zero-order valence-electron chi connectivity index (χ0n) is 18.0. The molecule has 0 saturated heterocycles. The molecule has 4 aromatic rings. The van der Waals surface area contributed by atoms with Crippen molar-refractivity contribution in [3.05, 3.63) is 76.9 Å². The summed E-state index contributed by atoms with van der Waals surface area (Å²) in [6.07, 6.45) is 4.75. The Labute approximate surface area is 180 Å². The van der Waals surface area contributed by atoms with E-state index in [1.807, 2.05) is 30.7 Å². The zero-order chi connectivity index (χ0) is 21.5. The summed E-state index contributed by atoms with van der Waals surface area (Å²) in [6.45, 7) is 6.99. The van der Waals surface area contributed by atoms with Crippen LogP contribution in [0.25, 0.3) is 17.1 Å². The normalized spacial score (nSPS) is 13.7. The van der Waals surface area contributed by atoms with Crippen LogP contribution in [0.15, 0.2) is 42.7 Å². The van der Waals surface area contributed by atoms with Gasteiger partial charge in [-0.25, -0.2) is 19.0 Å². The van der Waals surface area contributed by atoms with E-state index in [1.165, 1.54) is 25.0 Å². The van der Waals surface area contributed by atoms with E-state index in [-0.39, 0.29) is 5.82 Å². The van der Waals surface area contributed by atoms with Crippen LogP contribution < -0.4 is 0 Å². The van der Waals surface area contributed by atoms with Crippen LogP contribution >= 0.6 is 0 Å². The van der Waals surface area contributed by atoms with Gasteiger partial charge in [0.2, 0.25) is 0 Å². The lowest BCUT2D eigenvalue weighted by Gasteiger charge is -2.09. The second kappa shape index (κ2) is 7.72. The van der Waals surface area contributed by atoms with Gasteiger partial charge in [-0.05, 0) is 75.4 Å². The quantitative estimate of drug-likeness (QED) is 0.461. The predicted molar refractivity (Wildman–Crippen MR) is 117 cm³/mol. The maximum Gasteiger partial charge on any atom is 0.157 e. The molecule has 1 aliphatic carbocycles. The lowest BCUT2D eigenvalue weighted by Crippen LogP contribution is -2.10. The Morgan fingerprint density at radius 3 is 2.45 bits per heavy atom. The summed E-state index contributed by atoms with van der Waals surface area (Å²) in [5, 5.41) is 9.46. The number of benzene rings is 1. The molecule has 7 heteroatoms. The molecule has 6 nitrogen and oxygen atoms in total. The van der Waals surface area contributed by atoms with E-state index in [0.717, 1.165) is 52.0 Å². The smallest absolute Gasteiger partial charge is 0.157 e. The lowest BCUT2D eigenvalue weighted by atomic mass is 10.0. The van der Waals surface area contributed by atoms with Crippen molar-refractivity contribution in [3.63, 3.8) is 0 Å². The Balaban J connectivity index is 1.51. The molecule has 0 spiro atoms. The minimum absolute atomic E-state index is 0.239. The lowest BCUT2D eigenvalue weighted by molar-refractivity contribution is 0.544. The van der Waals surface area contributed by atoms with Gasteiger partial charge < -0.3 is 0 Å². The molecule has 158 valence electrons. The van der Waals surface area contributed by atoms with Crippen molar-refractivity contribution in [3.8, 4) is 17.1 Å². The highest BCUT2D eigenvalue weighted by Gasteiger charge is 2.25. The number of hydrogen-bond donors (Lipinski definition) is 0. The number of nitrogens with zero attached hydrogens (tertiary/aromatic N) is 6. The van der Waals surface area contributed by atoms with Gasteiger partial charge >= 0.3 is 0 Å². The summed E-state index contributed by atoms with van der Waals surface area (Å²) in [5.74, 6) is 1.21. The number of aromatic nitrogens is 6. The summed E-state index contributed by atoms with van der Waals surface area (Å²) < 4.78 is 17.4. The fourth-order valence-electron chi connectivity index (χ4n) is 4.02. The predicted octanol–water partition coefficient (Wildman–Crippen LogP) is 4.59. The molecule has 3 heterocycles. The maximum atomic E-state index is 13.4. The molecule has 5 rings (SSSR count). The number of halogens is 1. The maximum absolute atomic E-state index is 13.4. The number of rotatable bonds is 6. The summed E-state index contributed by atoms with van der Waals surface area (Å²) in [6, 6.07) is 10.6. The zero-order valence-corrected chi connectivity index (χ0v) is 18.0. The van der Waals surface area contributed by atoms with E-state index in [2.05, 4.69) is 26.7 Å². The molecule has 3 aromatic heterocycles. The van der Waals surface area contributed by atoms with Crippen molar-refractivity contribution in [1.82, 2.24) is 29.5 Å². The van der Waals surface area contributed by atoms with Gasteiger partial charge in [-0.3, -0.25) is 4.68 Å². The van der Waals surface area contributed by atoms with Crippen molar-refractivity contribution in [2.24, 2.45) is 5.92 Å². The molecule has 0 radical (unpaired) electrons. The second-order valence-electron chi connectivity index (χ2n) is 8.44. The van der Waals surface area contributed by atoms with Gasteiger partial charge in [0, 0.05) is 36.0 Å². The van der Waals surface area contributed by atoms with Gasteiger partial charge in [-0.1, -0.05) is 0 Å². The minimum Gasteiger partial charge on any atom is -0.268 e. The van der Waals surface area contributed by atoms with Gasteiger partial charge in [-0.15, -0.1) is 0 Å². The topological polar surface area (TPSA) is 61.4 Å². The van der Waals surface area contributed by atoms with Crippen LogP contribution in [-0.4, -0.2) is 29.5 Å². The first-order valence-corrected chi connectivity index (χ1v) is 10.6. The third-order valence-corrected chi connectivity index (χ3v) is 5.85. The third kappa shape index (κ3) is 4.00. The van der Waals surface area contributed by atoms with Crippen LogP contribution in [0.1, 0.15) is 41.2 Å². The van der Waals surface area contributed by atoms with E-state index >= 15 is 0 Å². The Hall–Kier alpha value is -3.35. The van der Waals surface area contributed by atoms with Crippen LogP contribution in [0.4, 0.5) is 4.39 Å². The molecule has 0 unspecified atom stereocenters. The first-order valence-electron chi connectivity index (χ1n) is 10.6. The van der Waals surface area contributed by atoms with Crippen molar-refractivity contribution < 1.29 is 4.39 Å². The average Bonchev–Trinajstić information content (AvgIpc) is 3.44. The van der Waals surface area contributed by atoms with E-state index in [9.17, 15) is 4.39 Å². The van der Waals surface area contributed by atoms with Crippen molar-refractivity contribution in [1.29, 1.82) is 0 Å². The molecule has 1 saturated carbocycles. The first-order chi connectivity index (χ1) is 15.0. The highest BCUT2D eigenvalue weighted by atomic mass is 19.1. The molecule has 0 amide bonds. The van der Waals surface area contributed by atoms with E-state index < -0.39 is 0 Å². The van der Waals surface area contributed by atoms with Crippen LogP contribution in [0.2, 0.25) is 0 Å². The van der Waals surface area contributed by atoms with E-state index in [1.54, 1.807) is 18.5 Å². The molecule has 1 aromatic carbocycles. The Morgan fingerprint density at radius 1 is 1.00 bits per heavy atom. The van der Waals surface area contributed by atoms with Crippen LogP contribution in [0.5, 0.6) is 0 Å². The van der Waals surface area contributed by atoms with Gasteiger partial charge in [0.25, 0.3) is 0 Å². The Kier molecular flexibility index (Phi) is 4.88. The second-order valence-corrected chi connectivity index (χ2v) is 8.44. The SMILES string of the molecule is Cc1cc(C)n(-c2cc(Cc3c(C)c(-c4ccc(F)cc4)nn3CC3CC3)ncn2)n1. The van der Waals surface area contributed by atoms with Crippen molar-refractivity contribution >= 4 is 0 Å². The molecule has 1 fully saturated rings. The molecule has 1 aliphatic rings. The van der Waals surface area contributed by atoms with Gasteiger partial charge in [0.1, 0.15) is 12.1 Å². The number of aryl methyl sites for hydroxylation is 2. The largest absolute Gasteiger partial charge is 0.268 e. The minimum atomic E-state index is -0.239. The highest BCUT2D eigenvalue weighted by molar-refractivity contribution is 5.64. The molecule has 0 atom stereocenters. The van der Waals surface area contributed by atoms with E-state index in [0.29, 0.717) is 12.3 Å². The van der Waals surface area contributed by atoms with Crippen LogP contribution in [0.3, 0.4) is 0 Å². The molecule has 0 bridgehead atoms. The average molecular weight is 417 g/mol. The fraction of sp³-hybridized carbons (Fsp3) is 0.333. The summed E-state index contributed by atoms with van der Waals surface area (Å²) >= 11 is 0. The van der Waals surface area contributed by atoms with Crippen LogP contribution in [-0.2, 0) is 13.0 Å². The summed E-state index contributed by atoms with van der Waals surface area (Å²) in [5.41, 5.74) is 7.01. The number of hydrogen-bond acceptors (Lipinski definition) is 4. The van der Waals surface area contributed by atoms with Crippen molar-refractivity contribution in [2.75, 3.05) is 0 Å².